The molecule has 0 spiro atoms. The Kier molecular flexibility index (Phi) is 4.28. The Labute approximate surface area is 135 Å². The number of hydrogen-bond acceptors (Lipinski definition) is 4. The number of methoxy groups -OCH3 is 1. The minimum absolute atomic E-state index is 0.0287. The molecule has 0 radical (unpaired) electrons. The van der Waals surface area contributed by atoms with Gasteiger partial charge in [0.15, 0.2) is 0 Å². The first-order valence-corrected chi connectivity index (χ1v) is 7.53. The second-order valence-electron chi connectivity index (χ2n) is 5.57. The van der Waals surface area contributed by atoms with Crippen LogP contribution in [-0.2, 0) is 4.79 Å². The van der Waals surface area contributed by atoms with Gasteiger partial charge in [-0.15, -0.1) is 0 Å². The number of benzene rings is 2. The maximum Gasteiger partial charge on any atom is 0.240 e. The van der Waals surface area contributed by atoms with Crippen LogP contribution in [0.5, 0.6) is 5.75 Å². The summed E-state index contributed by atoms with van der Waals surface area (Å²) in [7, 11) is 1.65. The molecule has 0 bridgehead atoms. The molecular formula is C18H19N3O2. The Morgan fingerprint density at radius 2 is 1.70 bits per heavy atom. The minimum Gasteiger partial charge on any atom is -0.497 e. The molecule has 5 nitrogen and oxygen atoms in total. The van der Waals surface area contributed by atoms with E-state index in [-0.39, 0.29) is 11.8 Å². The maximum absolute atomic E-state index is 11.3. The summed E-state index contributed by atoms with van der Waals surface area (Å²) in [5.74, 6) is 0.931. The first kappa shape index (κ1) is 15.1. The molecule has 1 aliphatic heterocycles. The lowest BCUT2D eigenvalue weighted by molar-refractivity contribution is -0.121. The van der Waals surface area contributed by atoms with E-state index in [1.807, 2.05) is 55.5 Å². The molecule has 0 aliphatic carbocycles. The Morgan fingerprint density at radius 3 is 2.26 bits per heavy atom. The van der Waals surface area contributed by atoms with E-state index in [1.54, 1.807) is 7.11 Å². The summed E-state index contributed by atoms with van der Waals surface area (Å²) in [5.41, 5.74) is 6.48. The lowest BCUT2D eigenvalue weighted by atomic mass is 9.94. The first-order valence-electron chi connectivity index (χ1n) is 7.53. The van der Waals surface area contributed by atoms with E-state index in [9.17, 15) is 4.79 Å². The Bertz CT molecular complexity index is 721. The summed E-state index contributed by atoms with van der Waals surface area (Å²) in [6.45, 7) is 2.01. The fourth-order valence-corrected chi connectivity index (χ4v) is 2.57. The molecule has 0 aromatic heterocycles. The summed E-state index contributed by atoms with van der Waals surface area (Å²) >= 11 is 0. The third-order valence-corrected chi connectivity index (χ3v) is 3.82. The van der Waals surface area contributed by atoms with Gasteiger partial charge in [-0.3, -0.25) is 4.79 Å². The van der Waals surface area contributed by atoms with E-state index >= 15 is 0 Å². The average molecular weight is 309 g/mol. The standard InChI is InChI=1S/C18H19N3O2/c1-12-11-17(22)20-21-18(12)13-3-5-14(6-4-13)19-15-7-9-16(23-2)10-8-15/h3-10,12,19H,11H2,1-2H3,(H,20,22)/t12-/m1/s1. The van der Waals surface area contributed by atoms with Crippen molar-refractivity contribution in [2.75, 3.05) is 12.4 Å². The molecule has 0 saturated heterocycles. The summed E-state index contributed by atoms with van der Waals surface area (Å²) in [4.78, 5) is 11.3. The number of amides is 1. The Morgan fingerprint density at radius 1 is 1.09 bits per heavy atom. The highest BCUT2D eigenvalue weighted by Gasteiger charge is 2.21. The van der Waals surface area contributed by atoms with Crippen molar-refractivity contribution in [3.8, 4) is 5.75 Å². The van der Waals surface area contributed by atoms with Crippen LogP contribution in [0.25, 0.3) is 0 Å². The SMILES string of the molecule is COc1ccc(Nc2ccc(C3=NNC(=O)C[C@H]3C)cc2)cc1. The largest absolute Gasteiger partial charge is 0.497 e. The summed E-state index contributed by atoms with van der Waals surface area (Å²) in [5, 5.41) is 7.52. The molecule has 1 amide bonds. The molecule has 0 fully saturated rings. The Hall–Kier alpha value is -2.82. The van der Waals surface area contributed by atoms with Crippen LogP contribution in [-0.4, -0.2) is 18.7 Å². The number of hydrogen-bond donors (Lipinski definition) is 2. The number of carbonyl (C=O) groups excluding carboxylic acids is 1. The summed E-state index contributed by atoms with van der Waals surface area (Å²) in [6.07, 6.45) is 0.477. The molecular weight excluding hydrogens is 290 g/mol. The normalized spacial score (nSPS) is 17.2. The van der Waals surface area contributed by atoms with Gasteiger partial charge in [-0.25, -0.2) is 5.43 Å². The topological polar surface area (TPSA) is 62.7 Å². The van der Waals surface area contributed by atoms with Crippen molar-refractivity contribution in [1.82, 2.24) is 5.43 Å². The molecule has 2 aromatic carbocycles. The number of rotatable bonds is 4. The lowest BCUT2D eigenvalue weighted by Gasteiger charge is -2.19. The van der Waals surface area contributed by atoms with Gasteiger partial charge in [0.1, 0.15) is 5.75 Å². The van der Waals surface area contributed by atoms with Gasteiger partial charge in [0, 0.05) is 23.7 Å². The number of carbonyl (C=O) groups is 1. The number of nitrogens with zero attached hydrogens (tertiary/aromatic N) is 1. The second-order valence-corrected chi connectivity index (χ2v) is 5.57. The third-order valence-electron chi connectivity index (χ3n) is 3.82. The van der Waals surface area contributed by atoms with E-state index in [4.69, 9.17) is 4.74 Å². The van der Waals surface area contributed by atoms with Crippen LogP contribution in [0.2, 0.25) is 0 Å². The fourth-order valence-electron chi connectivity index (χ4n) is 2.57. The van der Waals surface area contributed by atoms with Gasteiger partial charge in [0.2, 0.25) is 5.91 Å². The van der Waals surface area contributed by atoms with Crippen molar-refractivity contribution in [1.29, 1.82) is 0 Å². The van der Waals surface area contributed by atoms with Crippen molar-refractivity contribution < 1.29 is 9.53 Å². The molecule has 118 valence electrons. The van der Waals surface area contributed by atoms with Crippen LogP contribution < -0.4 is 15.5 Å². The first-order chi connectivity index (χ1) is 11.2. The Balaban J connectivity index is 1.73. The zero-order valence-corrected chi connectivity index (χ0v) is 13.2. The van der Waals surface area contributed by atoms with Gasteiger partial charge in [-0.2, -0.15) is 5.10 Å². The van der Waals surface area contributed by atoms with Crippen LogP contribution in [0.3, 0.4) is 0 Å². The van der Waals surface area contributed by atoms with Crippen molar-refractivity contribution in [2.45, 2.75) is 13.3 Å². The lowest BCUT2D eigenvalue weighted by Crippen LogP contribution is -2.31. The van der Waals surface area contributed by atoms with Crippen molar-refractivity contribution in [3.63, 3.8) is 0 Å². The van der Waals surface area contributed by atoms with E-state index in [2.05, 4.69) is 15.8 Å². The van der Waals surface area contributed by atoms with Crippen LogP contribution in [0.4, 0.5) is 11.4 Å². The molecule has 23 heavy (non-hydrogen) atoms. The molecule has 0 unspecified atom stereocenters. The van der Waals surface area contributed by atoms with Gasteiger partial charge < -0.3 is 10.1 Å². The quantitative estimate of drug-likeness (QED) is 0.911. The van der Waals surface area contributed by atoms with Gasteiger partial charge in [0.25, 0.3) is 0 Å². The molecule has 2 N–H and O–H groups in total. The number of nitrogens with one attached hydrogen (secondary N) is 2. The van der Waals surface area contributed by atoms with Gasteiger partial charge >= 0.3 is 0 Å². The zero-order chi connectivity index (χ0) is 16.2. The van der Waals surface area contributed by atoms with Crippen molar-refractivity contribution in [2.24, 2.45) is 11.0 Å². The average Bonchev–Trinajstić information content (AvgIpc) is 2.57. The molecule has 3 rings (SSSR count). The fraction of sp³-hybridized carbons (Fsp3) is 0.222. The van der Waals surface area contributed by atoms with E-state index < -0.39 is 0 Å². The smallest absolute Gasteiger partial charge is 0.240 e. The van der Waals surface area contributed by atoms with E-state index in [0.717, 1.165) is 28.4 Å². The summed E-state index contributed by atoms with van der Waals surface area (Å²) < 4.78 is 5.15. The number of hydrazone groups is 1. The molecule has 1 aliphatic rings. The molecule has 1 atom stereocenters. The number of ether oxygens (including phenoxy) is 1. The van der Waals surface area contributed by atoms with Gasteiger partial charge in [-0.05, 0) is 42.0 Å². The monoisotopic (exact) mass is 309 g/mol. The van der Waals surface area contributed by atoms with Crippen LogP contribution in [0, 0.1) is 5.92 Å². The maximum atomic E-state index is 11.3. The van der Waals surface area contributed by atoms with E-state index in [0.29, 0.717) is 6.42 Å². The predicted molar refractivity (Wildman–Crippen MR) is 91.2 cm³/mol. The zero-order valence-electron chi connectivity index (χ0n) is 13.2. The minimum atomic E-state index is -0.0287. The van der Waals surface area contributed by atoms with Crippen LogP contribution in [0.15, 0.2) is 53.6 Å². The van der Waals surface area contributed by atoms with Crippen LogP contribution >= 0.6 is 0 Å². The molecule has 5 heteroatoms. The number of anilines is 2. The van der Waals surface area contributed by atoms with Crippen molar-refractivity contribution >= 4 is 23.0 Å². The second kappa shape index (κ2) is 6.52. The highest BCUT2D eigenvalue weighted by atomic mass is 16.5. The van der Waals surface area contributed by atoms with E-state index in [1.165, 1.54) is 0 Å². The molecule has 0 saturated carbocycles. The van der Waals surface area contributed by atoms with Crippen LogP contribution in [0.1, 0.15) is 18.9 Å². The van der Waals surface area contributed by atoms with Gasteiger partial charge in [-0.1, -0.05) is 19.1 Å². The highest BCUT2D eigenvalue weighted by Crippen LogP contribution is 2.22. The predicted octanol–water partition coefficient (Wildman–Crippen LogP) is 3.30. The molecule has 2 aromatic rings. The van der Waals surface area contributed by atoms with Crippen molar-refractivity contribution in [3.05, 3.63) is 54.1 Å². The third kappa shape index (κ3) is 3.51. The molecule has 1 heterocycles. The highest BCUT2D eigenvalue weighted by molar-refractivity contribution is 6.05. The van der Waals surface area contributed by atoms with Gasteiger partial charge in [0.05, 0.1) is 12.8 Å². The summed E-state index contributed by atoms with van der Waals surface area (Å²) in [6, 6.07) is 15.8.